The highest BCUT2D eigenvalue weighted by molar-refractivity contribution is 7.99. The van der Waals surface area contributed by atoms with Crippen LogP contribution in [0, 0.1) is 5.82 Å². The predicted molar refractivity (Wildman–Crippen MR) is 78.2 cm³/mol. The van der Waals surface area contributed by atoms with E-state index in [-0.39, 0.29) is 16.6 Å². The normalized spacial score (nSPS) is 13.4. The van der Waals surface area contributed by atoms with E-state index in [1.54, 1.807) is 18.7 Å². The fourth-order valence-electron chi connectivity index (χ4n) is 1.53. The van der Waals surface area contributed by atoms with Gasteiger partial charge in [0.25, 0.3) is 0 Å². The molecule has 4 nitrogen and oxygen atoms in total. The largest absolute Gasteiger partial charge is 0.398 e. The molecular formula is C12H19FN2O2S2. The highest BCUT2D eigenvalue weighted by Crippen LogP contribution is 2.19. The van der Waals surface area contributed by atoms with Crippen molar-refractivity contribution in [3.8, 4) is 0 Å². The second-order valence-electron chi connectivity index (χ2n) is 4.19. The van der Waals surface area contributed by atoms with Crippen LogP contribution in [0.4, 0.5) is 10.1 Å². The van der Waals surface area contributed by atoms with Gasteiger partial charge in [-0.2, -0.15) is 11.8 Å². The van der Waals surface area contributed by atoms with Crippen molar-refractivity contribution in [2.24, 2.45) is 0 Å². The average Bonchev–Trinajstić information content (AvgIpc) is 2.32. The number of anilines is 1. The van der Waals surface area contributed by atoms with Gasteiger partial charge >= 0.3 is 0 Å². The van der Waals surface area contributed by atoms with E-state index < -0.39 is 15.8 Å². The number of nitrogens with two attached hydrogens (primary N) is 1. The maximum Gasteiger partial charge on any atom is 0.242 e. The second-order valence-corrected chi connectivity index (χ2v) is 7.27. The Kier molecular flexibility index (Phi) is 6.09. The summed E-state index contributed by atoms with van der Waals surface area (Å²) in [4.78, 5) is -0.206. The molecule has 0 spiro atoms. The molecule has 3 N–H and O–H groups in total. The molecule has 1 aromatic rings. The molecule has 0 aliphatic rings. The van der Waals surface area contributed by atoms with Crippen molar-refractivity contribution >= 4 is 27.5 Å². The number of benzene rings is 1. The van der Waals surface area contributed by atoms with Gasteiger partial charge in [0.05, 0.1) is 5.69 Å². The van der Waals surface area contributed by atoms with Crippen LogP contribution in [0.2, 0.25) is 0 Å². The molecule has 0 heterocycles. The fourth-order valence-corrected chi connectivity index (χ4v) is 3.76. The van der Waals surface area contributed by atoms with Gasteiger partial charge in [0.15, 0.2) is 0 Å². The lowest BCUT2D eigenvalue weighted by Crippen LogP contribution is -2.33. The molecule has 1 unspecified atom stereocenters. The van der Waals surface area contributed by atoms with Crippen LogP contribution in [0.1, 0.15) is 20.3 Å². The van der Waals surface area contributed by atoms with E-state index in [1.165, 1.54) is 6.07 Å². The molecule has 0 saturated heterocycles. The summed E-state index contributed by atoms with van der Waals surface area (Å²) >= 11 is 1.74. The Hall–Kier alpha value is -0.790. The summed E-state index contributed by atoms with van der Waals surface area (Å²) in [5, 5.41) is 0. The molecule has 0 aliphatic heterocycles. The second kappa shape index (κ2) is 7.12. The summed E-state index contributed by atoms with van der Waals surface area (Å²) in [5.74, 6) is 1.25. The lowest BCUT2D eigenvalue weighted by molar-refractivity contribution is 0.555. The summed E-state index contributed by atoms with van der Waals surface area (Å²) < 4.78 is 39.8. The Morgan fingerprint density at radius 3 is 2.79 bits per heavy atom. The van der Waals surface area contributed by atoms with Crippen molar-refractivity contribution in [1.29, 1.82) is 0 Å². The maximum atomic E-state index is 13.1. The summed E-state index contributed by atoms with van der Waals surface area (Å²) in [6, 6.07) is 3.11. The highest BCUT2D eigenvalue weighted by atomic mass is 32.2. The van der Waals surface area contributed by atoms with Crippen LogP contribution >= 0.6 is 11.8 Å². The number of halogens is 1. The molecule has 0 amide bonds. The van der Waals surface area contributed by atoms with Gasteiger partial charge in [-0.1, -0.05) is 6.92 Å². The first kappa shape index (κ1) is 16.3. The summed E-state index contributed by atoms with van der Waals surface area (Å²) in [5.41, 5.74) is 5.63. The monoisotopic (exact) mass is 306 g/mol. The minimum absolute atomic E-state index is 0.0454. The number of sulfonamides is 1. The third-order valence-electron chi connectivity index (χ3n) is 2.52. The van der Waals surface area contributed by atoms with E-state index in [4.69, 9.17) is 5.73 Å². The Bertz CT molecular complexity index is 520. The third-order valence-corrected chi connectivity index (χ3v) is 5.10. The molecule has 0 aliphatic carbocycles. The van der Waals surface area contributed by atoms with Crippen molar-refractivity contribution in [2.45, 2.75) is 31.2 Å². The van der Waals surface area contributed by atoms with Crippen molar-refractivity contribution in [2.75, 3.05) is 17.2 Å². The number of hydrogen-bond donors (Lipinski definition) is 2. The Labute approximate surface area is 118 Å². The zero-order valence-corrected chi connectivity index (χ0v) is 12.7. The molecule has 0 aromatic heterocycles. The number of rotatable bonds is 7. The van der Waals surface area contributed by atoms with Gasteiger partial charge in [-0.25, -0.2) is 17.5 Å². The zero-order valence-electron chi connectivity index (χ0n) is 11.0. The van der Waals surface area contributed by atoms with Crippen molar-refractivity contribution in [3.05, 3.63) is 24.0 Å². The molecule has 1 aromatic carbocycles. The highest BCUT2D eigenvalue weighted by Gasteiger charge is 2.20. The van der Waals surface area contributed by atoms with Gasteiger partial charge in [0.1, 0.15) is 10.7 Å². The van der Waals surface area contributed by atoms with E-state index in [1.807, 2.05) is 6.92 Å². The van der Waals surface area contributed by atoms with Crippen molar-refractivity contribution in [1.82, 2.24) is 4.72 Å². The van der Waals surface area contributed by atoms with E-state index in [2.05, 4.69) is 4.72 Å². The van der Waals surface area contributed by atoms with Gasteiger partial charge in [-0.05, 0) is 43.0 Å². The molecule has 1 atom stereocenters. The van der Waals surface area contributed by atoms with Crippen LogP contribution in [-0.2, 0) is 10.0 Å². The minimum atomic E-state index is -3.77. The first-order valence-corrected chi connectivity index (χ1v) is 8.65. The topological polar surface area (TPSA) is 72.2 Å². The Morgan fingerprint density at radius 1 is 1.47 bits per heavy atom. The summed E-state index contributed by atoms with van der Waals surface area (Å²) in [6.07, 6.45) is 0.715. The van der Waals surface area contributed by atoms with Gasteiger partial charge in [0.2, 0.25) is 10.0 Å². The van der Waals surface area contributed by atoms with Crippen molar-refractivity contribution < 1.29 is 12.8 Å². The van der Waals surface area contributed by atoms with Crippen LogP contribution in [0.3, 0.4) is 0 Å². The fraction of sp³-hybridized carbons (Fsp3) is 0.500. The lowest BCUT2D eigenvalue weighted by Gasteiger charge is -2.15. The maximum absolute atomic E-state index is 13.1. The SMILES string of the molecule is CCSCCC(C)NS(=O)(=O)c1cc(F)ccc1N. The number of thioether (sulfide) groups is 1. The van der Waals surface area contributed by atoms with Gasteiger partial charge in [-0.3, -0.25) is 0 Å². The zero-order chi connectivity index (χ0) is 14.5. The molecule has 19 heavy (non-hydrogen) atoms. The summed E-state index contributed by atoms with van der Waals surface area (Å²) in [7, 11) is -3.77. The molecule has 0 fully saturated rings. The van der Waals surface area contributed by atoms with Gasteiger partial charge in [-0.15, -0.1) is 0 Å². The first-order valence-electron chi connectivity index (χ1n) is 6.02. The standard InChI is InChI=1S/C12H19FN2O2S2/c1-3-18-7-6-9(2)15-19(16,17)12-8-10(13)4-5-11(12)14/h4-5,8-9,15H,3,6-7,14H2,1-2H3. The number of nitrogens with one attached hydrogen (secondary N) is 1. The third kappa shape index (κ3) is 5.00. The molecule has 0 saturated carbocycles. The molecule has 0 radical (unpaired) electrons. The summed E-state index contributed by atoms with van der Waals surface area (Å²) in [6.45, 7) is 3.83. The number of hydrogen-bond acceptors (Lipinski definition) is 4. The smallest absolute Gasteiger partial charge is 0.242 e. The van der Waals surface area contributed by atoms with Crippen LogP contribution in [0.5, 0.6) is 0 Å². The number of nitrogen functional groups attached to an aromatic ring is 1. The first-order chi connectivity index (χ1) is 8.86. The van der Waals surface area contributed by atoms with E-state index in [0.29, 0.717) is 6.42 Å². The molecule has 1 rings (SSSR count). The van der Waals surface area contributed by atoms with Gasteiger partial charge < -0.3 is 5.73 Å². The quantitative estimate of drug-likeness (QED) is 0.598. The van der Waals surface area contributed by atoms with E-state index in [9.17, 15) is 12.8 Å². The minimum Gasteiger partial charge on any atom is -0.398 e. The predicted octanol–water partition coefficient (Wildman–Crippen LogP) is 2.22. The average molecular weight is 306 g/mol. The van der Waals surface area contributed by atoms with Crippen LogP contribution < -0.4 is 10.5 Å². The van der Waals surface area contributed by atoms with Crippen LogP contribution in [-0.4, -0.2) is 26.0 Å². The Morgan fingerprint density at radius 2 is 2.16 bits per heavy atom. The molecular weight excluding hydrogens is 287 g/mol. The van der Waals surface area contributed by atoms with E-state index in [0.717, 1.165) is 23.6 Å². The van der Waals surface area contributed by atoms with Crippen LogP contribution in [0.25, 0.3) is 0 Å². The molecule has 108 valence electrons. The molecule has 0 bridgehead atoms. The van der Waals surface area contributed by atoms with E-state index >= 15 is 0 Å². The molecule has 7 heteroatoms. The Balaban J connectivity index is 2.78. The van der Waals surface area contributed by atoms with Crippen molar-refractivity contribution in [3.63, 3.8) is 0 Å². The van der Waals surface area contributed by atoms with Crippen LogP contribution in [0.15, 0.2) is 23.1 Å². The van der Waals surface area contributed by atoms with Gasteiger partial charge in [0, 0.05) is 6.04 Å². The lowest BCUT2D eigenvalue weighted by atomic mass is 10.3.